The SMILES string of the molecule is Cn1nc(C(=O)N2CCCC2c2ccccc2Cl)cc1C(F)(F)F. The molecule has 1 aliphatic heterocycles. The molecule has 2 heterocycles. The second-order valence-electron chi connectivity index (χ2n) is 5.71. The maximum atomic E-state index is 12.9. The highest BCUT2D eigenvalue weighted by molar-refractivity contribution is 6.31. The van der Waals surface area contributed by atoms with E-state index in [1.807, 2.05) is 12.1 Å². The molecule has 1 aromatic carbocycles. The quantitative estimate of drug-likeness (QED) is 0.812. The Bertz CT molecular complexity index is 772. The van der Waals surface area contributed by atoms with Gasteiger partial charge >= 0.3 is 6.18 Å². The fraction of sp³-hybridized carbons (Fsp3) is 0.375. The predicted molar refractivity (Wildman–Crippen MR) is 82.7 cm³/mol. The number of hydrogen-bond donors (Lipinski definition) is 0. The van der Waals surface area contributed by atoms with Gasteiger partial charge in [0.15, 0.2) is 5.69 Å². The second-order valence-corrected chi connectivity index (χ2v) is 6.12. The molecule has 1 atom stereocenters. The van der Waals surface area contributed by atoms with Crippen molar-refractivity contribution in [2.75, 3.05) is 6.54 Å². The number of benzene rings is 1. The van der Waals surface area contributed by atoms with Gasteiger partial charge in [-0.15, -0.1) is 0 Å². The molecule has 0 spiro atoms. The normalized spacial score (nSPS) is 18.2. The van der Waals surface area contributed by atoms with Crippen molar-refractivity contribution in [3.63, 3.8) is 0 Å². The van der Waals surface area contributed by atoms with Gasteiger partial charge in [0.2, 0.25) is 0 Å². The van der Waals surface area contributed by atoms with Crippen molar-refractivity contribution in [3.8, 4) is 0 Å². The summed E-state index contributed by atoms with van der Waals surface area (Å²) >= 11 is 6.20. The summed E-state index contributed by atoms with van der Waals surface area (Å²) in [6, 6.07) is 7.73. The van der Waals surface area contributed by atoms with Crippen LogP contribution in [0.1, 0.15) is 40.6 Å². The summed E-state index contributed by atoms with van der Waals surface area (Å²) in [6.07, 6.45) is -3.07. The molecule has 1 unspecified atom stereocenters. The zero-order valence-corrected chi connectivity index (χ0v) is 13.6. The Balaban J connectivity index is 1.91. The minimum atomic E-state index is -4.55. The van der Waals surface area contributed by atoms with Crippen LogP contribution in [0.15, 0.2) is 30.3 Å². The predicted octanol–water partition coefficient (Wildman–Crippen LogP) is 4.07. The third kappa shape index (κ3) is 3.00. The smallest absolute Gasteiger partial charge is 0.330 e. The van der Waals surface area contributed by atoms with Crippen molar-refractivity contribution in [1.82, 2.24) is 14.7 Å². The van der Waals surface area contributed by atoms with Gasteiger partial charge in [-0.05, 0) is 24.5 Å². The number of nitrogens with zero attached hydrogens (tertiary/aromatic N) is 3. The van der Waals surface area contributed by atoms with Crippen LogP contribution in [0.25, 0.3) is 0 Å². The van der Waals surface area contributed by atoms with Crippen molar-refractivity contribution >= 4 is 17.5 Å². The fourth-order valence-corrected chi connectivity index (χ4v) is 3.32. The minimum absolute atomic E-state index is 0.205. The van der Waals surface area contributed by atoms with Crippen LogP contribution in [0.4, 0.5) is 13.2 Å². The van der Waals surface area contributed by atoms with Crippen LogP contribution in [-0.4, -0.2) is 27.1 Å². The molecular weight excluding hydrogens is 343 g/mol. The Morgan fingerprint density at radius 1 is 1.33 bits per heavy atom. The number of rotatable bonds is 2. The molecule has 1 fully saturated rings. The van der Waals surface area contributed by atoms with E-state index >= 15 is 0 Å². The van der Waals surface area contributed by atoms with Crippen molar-refractivity contribution in [1.29, 1.82) is 0 Å². The number of carbonyl (C=O) groups is 1. The zero-order chi connectivity index (χ0) is 17.5. The molecule has 0 radical (unpaired) electrons. The number of carbonyl (C=O) groups excluding carboxylic acids is 1. The summed E-state index contributed by atoms with van der Waals surface area (Å²) in [5, 5.41) is 4.29. The number of aromatic nitrogens is 2. The first-order chi connectivity index (χ1) is 11.3. The fourth-order valence-electron chi connectivity index (χ4n) is 3.06. The topological polar surface area (TPSA) is 38.1 Å². The van der Waals surface area contributed by atoms with Crippen molar-refractivity contribution in [2.24, 2.45) is 7.05 Å². The van der Waals surface area contributed by atoms with Gasteiger partial charge in [-0.25, -0.2) is 0 Å². The summed E-state index contributed by atoms with van der Waals surface area (Å²) in [7, 11) is 1.18. The Hall–Kier alpha value is -2.02. The molecule has 1 aliphatic rings. The Morgan fingerprint density at radius 2 is 2.04 bits per heavy atom. The molecule has 1 amide bonds. The molecule has 0 aliphatic carbocycles. The molecule has 24 heavy (non-hydrogen) atoms. The highest BCUT2D eigenvalue weighted by Gasteiger charge is 2.38. The highest BCUT2D eigenvalue weighted by atomic mass is 35.5. The molecule has 1 aromatic heterocycles. The van der Waals surface area contributed by atoms with Crippen LogP contribution in [-0.2, 0) is 13.2 Å². The van der Waals surface area contributed by atoms with E-state index in [1.54, 1.807) is 17.0 Å². The molecule has 4 nitrogen and oxygen atoms in total. The standard InChI is InChI=1S/C16H15ClF3N3O/c1-22-14(16(18,19)20)9-12(21-22)15(24)23-8-4-7-13(23)10-5-2-3-6-11(10)17/h2-3,5-6,9,13H,4,7-8H2,1H3. The van der Waals surface area contributed by atoms with Crippen molar-refractivity contribution in [2.45, 2.75) is 25.1 Å². The molecule has 1 saturated heterocycles. The summed E-state index contributed by atoms with van der Waals surface area (Å²) in [6.45, 7) is 0.465. The van der Waals surface area contributed by atoms with Crippen LogP contribution in [0.2, 0.25) is 5.02 Å². The lowest BCUT2D eigenvalue weighted by atomic mass is 10.0. The van der Waals surface area contributed by atoms with Gasteiger partial charge in [-0.3, -0.25) is 9.48 Å². The number of likely N-dealkylation sites (tertiary alicyclic amines) is 1. The Kier molecular flexibility index (Phi) is 4.29. The van der Waals surface area contributed by atoms with E-state index in [0.29, 0.717) is 22.7 Å². The number of alkyl halides is 3. The summed E-state index contributed by atoms with van der Waals surface area (Å²) < 4.78 is 39.4. The summed E-state index contributed by atoms with van der Waals surface area (Å²) in [5.41, 5.74) is -0.347. The average molecular weight is 358 g/mol. The van der Waals surface area contributed by atoms with Crippen LogP contribution >= 0.6 is 11.6 Å². The lowest BCUT2D eigenvalue weighted by Crippen LogP contribution is -2.31. The molecule has 0 bridgehead atoms. The number of hydrogen-bond acceptors (Lipinski definition) is 2. The first-order valence-electron chi connectivity index (χ1n) is 7.45. The number of amides is 1. The zero-order valence-electron chi connectivity index (χ0n) is 12.8. The van der Waals surface area contributed by atoms with Crippen LogP contribution in [0.5, 0.6) is 0 Å². The van der Waals surface area contributed by atoms with Crippen LogP contribution in [0.3, 0.4) is 0 Å². The van der Waals surface area contributed by atoms with Gasteiger partial charge in [0.1, 0.15) is 5.69 Å². The molecular formula is C16H15ClF3N3O. The molecule has 128 valence electrons. The molecule has 2 aromatic rings. The Morgan fingerprint density at radius 3 is 2.67 bits per heavy atom. The van der Waals surface area contributed by atoms with E-state index in [-0.39, 0.29) is 11.7 Å². The van der Waals surface area contributed by atoms with Gasteiger partial charge < -0.3 is 4.90 Å². The monoisotopic (exact) mass is 357 g/mol. The maximum Gasteiger partial charge on any atom is 0.433 e. The van der Waals surface area contributed by atoms with Gasteiger partial charge in [0.05, 0.1) is 6.04 Å². The molecule has 3 rings (SSSR count). The summed E-state index contributed by atoms with van der Waals surface area (Å²) in [5.74, 6) is -0.511. The first kappa shape index (κ1) is 16.8. The highest BCUT2D eigenvalue weighted by Crippen LogP contribution is 2.37. The van der Waals surface area contributed by atoms with E-state index in [0.717, 1.165) is 18.1 Å². The van der Waals surface area contributed by atoms with Crippen LogP contribution in [0, 0.1) is 0 Å². The van der Waals surface area contributed by atoms with E-state index in [2.05, 4.69) is 5.10 Å². The third-order valence-electron chi connectivity index (χ3n) is 4.17. The van der Waals surface area contributed by atoms with Crippen LogP contribution < -0.4 is 0 Å². The van der Waals surface area contributed by atoms with E-state index in [9.17, 15) is 18.0 Å². The van der Waals surface area contributed by atoms with Crippen molar-refractivity contribution < 1.29 is 18.0 Å². The van der Waals surface area contributed by atoms with E-state index in [1.165, 1.54) is 7.05 Å². The lowest BCUT2D eigenvalue weighted by Gasteiger charge is -2.25. The molecule has 0 N–H and O–H groups in total. The largest absolute Gasteiger partial charge is 0.433 e. The second kappa shape index (κ2) is 6.12. The van der Waals surface area contributed by atoms with E-state index in [4.69, 9.17) is 11.6 Å². The Labute approximate surface area is 141 Å². The molecule has 8 heteroatoms. The van der Waals surface area contributed by atoms with Gasteiger partial charge in [-0.1, -0.05) is 29.8 Å². The average Bonchev–Trinajstić information content (AvgIpc) is 3.13. The van der Waals surface area contributed by atoms with Gasteiger partial charge in [-0.2, -0.15) is 18.3 Å². The maximum absolute atomic E-state index is 12.9. The lowest BCUT2D eigenvalue weighted by molar-refractivity contribution is -0.143. The van der Waals surface area contributed by atoms with Crippen molar-refractivity contribution in [3.05, 3.63) is 52.3 Å². The third-order valence-corrected chi connectivity index (χ3v) is 4.51. The first-order valence-corrected chi connectivity index (χ1v) is 7.83. The van der Waals surface area contributed by atoms with Gasteiger partial charge in [0, 0.05) is 24.7 Å². The summed E-state index contributed by atoms with van der Waals surface area (Å²) in [4.78, 5) is 14.2. The molecule has 0 saturated carbocycles. The number of halogens is 4. The van der Waals surface area contributed by atoms with E-state index < -0.39 is 17.8 Å². The van der Waals surface area contributed by atoms with Gasteiger partial charge in [0.25, 0.3) is 5.91 Å². The minimum Gasteiger partial charge on any atom is -0.330 e. The number of aryl methyl sites for hydroxylation is 1.